The quantitative estimate of drug-likeness (QED) is 0.827. The first-order valence-electron chi connectivity index (χ1n) is 6.61. The van der Waals surface area contributed by atoms with Gasteiger partial charge in [-0.2, -0.15) is 0 Å². The van der Waals surface area contributed by atoms with Crippen LogP contribution in [-0.2, 0) is 6.54 Å². The molecule has 0 aliphatic rings. The number of halogens is 1. The second-order valence-electron chi connectivity index (χ2n) is 4.78. The van der Waals surface area contributed by atoms with Crippen molar-refractivity contribution in [3.05, 3.63) is 53.6 Å². The number of nitrogens with one attached hydrogen (secondary N) is 1. The number of aromatic nitrogens is 1. The molecule has 2 nitrogen and oxygen atoms in total. The molecule has 3 heteroatoms. The minimum atomic E-state index is -0.204. The first-order chi connectivity index (χ1) is 9.19. The molecule has 1 aromatic carbocycles. The minimum absolute atomic E-state index is 0.204. The predicted octanol–water partition coefficient (Wildman–Crippen LogP) is 3.70. The third-order valence-electron chi connectivity index (χ3n) is 2.93. The molecule has 2 rings (SSSR count). The molecule has 0 bridgehead atoms. The fourth-order valence-electron chi connectivity index (χ4n) is 2.05. The van der Waals surface area contributed by atoms with Gasteiger partial charge in [-0.15, -0.1) is 0 Å². The first kappa shape index (κ1) is 13.7. The zero-order valence-electron chi connectivity index (χ0n) is 11.4. The van der Waals surface area contributed by atoms with Crippen molar-refractivity contribution >= 4 is 0 Å². The number of nitrogens with zero attached hydrogens (tertiary/aromatic N) is 1. The fraction of sp³-hybridized carbons (Fsp3) is 0.312. The van der Waals surface area contributed by atoms with E-state index in [-0.39, 0.29) is 5.82 Å². The molecule has 0 amide bonds. The van der Waals surface area contributed by atoms with Gasteiger partial charge in [-0.05, 0) is 54.8 Å². The Morgan fingerprint density at radius 2 is 1.95 bits per heavy atom. The van der Waals surface area contributed by atoms with Gasteiger partial charge in [0, 0.05) is 24.5 Å². The van der Waals surface area contributed by atoms with E-state index < -0.39 is 0 Å². The van der Waals surface area contributed by atoms with E-state index in [9.17, 15) is 4.39 Å². The maximum absolute atomic E-state index is 13.4. The Morgan fingerprint density at radius 1 is 1.11 bits per heavy atom. The van der Waals surface area contributed by atoms with Crippen LogP contribution in [0.15, 0.2) is 36.7 Å². The maximum Gasteiger partial charge on any atom is 0.124 e. The number of hydrogen-bond acceptors (Lipinski definition) is 2. The summed E-state index contributed by atoms with van der Waals surface area (Å²) in [6, 6.07) is 7.12. The summed E-state index contributed by atoms with van der Waals surface area (Å²) in [5.74, 6) is -0.204. The second-order valence-corrected chi connectivity index (χ2v) is 4.78. The Morgan fingerprint density at radius 3 is 2.68 bits per heavy atom. The summed E-state index contributed by atoms with van der Waals surface area (Å²) in [4.78, 5) is 4.24. The number of aryl methyl sites for hydroxylation is 1. The lowest BCUT2D eigenvalue weighted by molar-refractivity contribution is 0.627. The molecule has 100 valence electrons. The van der Waals surface area contributed by atoms with Crippen LogP contribution >= 0.6 is 0 Å². The zero-order chi connectivity index (χ0) is 13.7. The van der Waals surface area contributed by atoms with Crippen LogP contribution < -0.4 is 5.32 Å². The van der Waals surface area contributed by atoms with Crippen molar-refractivity contribution in [1.29, 1.82) is 0 Å². The average molecular weight is 258 g/mol. The summed E-state index contributed by atoms with van der Waals surface area (Å²) in [5, 5.41) is 3.34. The summed E-state index contributed by atoms with van der Waals surface area (Å²) >= 11 is 0. The van der Waals surface area contributed by atoms with E-state index in [0.29, 0.717) is 0 Å². The monoisotopic (exact) mass is 258 g/mol. The Kier molecular flexibility index (Phi) is 4.63. The molecule has 1 aromatic heterocycles. The number of pyridine rings is 1. The van der Waals surface area contributed by atoms with Crippen molar-refractivity contribution in [3.63, 3.8) is 0 Å². The van der Waals surface area contributed by atoms with Gasteiger partial charge >= 0.3 is 0 Å². The van der Waals surface area contributed by atoms with Crippen molar-refractivity contribution in [1.82, 2.24) is 10.3 Å². The van der Waals surface area contributed by atoms with Gasteiger partial charge in [0.05, 0.1) is 0 Å². The predicted molar refractivity (Wildman–Crippen MR) is 76.4 cm³/mol. The van der Waals surface area contributed by atoms with Gasteiger partial charge in [-0.1, -0.05) is 13.0 Å². The van der Waals surface area contributed by atoms with Crippen LogP contribution in [-0.4, -0.2) is 11.5 Å². The van der Waals surface area contributed by atoms with Crippen molar-refractivity contribution in [2.75, 3.05) is 6.54 Å². The van der Waals surface area contributed by atoms with Gasteiger partial charge in [0.1, 0.15) is 5.82 Å². The first-order valence-corrected chi connectivity index (χ1v) is 6.61. The highest BCUT2D eigenvalue weighted by Crippen LogP contribution is 2.22. The van der Waals surface area contributed by atoms with Crippen LogP contribution in [0.3, 0.4) is 0 Å². The minimum Gasteiger partial charge on any atom is -0.313 e. The van der Waals surface area contributed by atoms with Gasteiger partial charge < -0.3 is 5.32 Å². The van der Waals surface area contributed by atoms with Crippen LogP contribution in [0.2, 0.25) is 0 Å². The third kappa shape index (κ3) is 3.86. The Hall–Kier alpha value is -1.74. The number of benzene rings is 1. The molecule has 0 fully saturated rings. The molecule has 0 aliphatic carbocycles. The van der Waals surface area contributed by atoms with Crippen LogP contribution in [0.1, 0.15) is 24.5 Å². The van der Waals surface area contributed by atoms with E-state index in [1.807, 2.05) is 19.2 Å². The third-order valence-corrected chi connectivity index (χ3v) is 2.93. The highest BCUT2D eigenvalue weighted by Gasteiger charge is 2.03. The molecule has 0 saturated heterocycles. The van der Waals surface area contributed by atoms with Gasteiger partial charge in [-0.3, -0.25) is 4.98 Å². The summed E-state index contributed by atoms with van der Waals surface area (Å²) in [6.07, 6.45) is 4.73. The molecule has 2 aromatic rings. The van der Waals surface area contributed by atoms with Crippen LogP contribution in [0, 0.1) is 12.7 Å². The normalized spacial score (nSPS) is 10.7. The largest absolute Gasteiger partial charge is 0.313 e. The SMILES string of the molecule is CCCNCc1cncc(-c2cc(C)cc(F)c2)c1. The van der Waals surface area contributed by atoms with E-state index in [2.05, 4.69) is 23.3 Å². The van der Waals surface area contributed by atoms with E-state index >= 15 is 0 Å². The van der Waals surface area contributed by atoms with Crippen LogP contribution in [0.5, 0.6) is 0 Å². The zero-order valence-corrected chi connectivity index (χ0v) is 11.4. The van der Waals surface area contributed by atoms with Gasteiger partial charge in [0.2, 0.25) is 0 Å². The summed E-state index contributed by atoms with van der Waals surface area (Å²) < 4.78 is 13.4. The molecule has 0 unspecified atom stereocenters. The molecular formula is C16H19FN2. The van der Waals surface area contributed by atoms with Crippen molar-refractivity contribution < 1.29 is 4.39 Å². The Bertz CT molecular complexity index is 532. The van der Waals surface area contributed by atoms with Crippen LogP contribution in [0.4, 0.5) is 4.39 Å². The second kappa shape index (κ2) is 6.43. The lowest BCUT2D eigenvalue weighted by Gasteiger charge is -2.07. The highest BCUT2D eigenvalue weighted by atomic mass is 19.1. The van der Waals surface area contributed by atoms with Crippen molar-refractivity contribution in [2.24, 2.45) is 0 Å². The molecule has 1 N–H and O–H groups in total. The smallest absolute Gasteiger partial charge is 0.124 e. The number of hydrogen-bond donors (Lipinski definition) is 1. The van der Waals surface area contributed by atoms with Gasteiger partial charge in [0.15, 0.2) is 0 Å². The molecular weight excluding hydrogens is 239 g/mol. The molecule has 0 atom stereocenters. The molecule has 0 aliphatic heterocycles. The van der Waals surface area contributed by atoms with Gasteiger partial charge in [-0.25, -0.2) is 4.39 Å². The van der Waals surface area contributed by atoms with E-state index in [4.69, 9.17) is 0 Å². The fourth-order valence-corrected chi connectivity index (χ4v) is 2.05. The lowest BCUT2D eigenvalue weighted by atomic mass is 10.0. The Balaban J connectivity index is 2.22. The lowest BCUT2D eigenvalue weighted by Crippen LogP contribution is -2.13. The topological polar surface area (TPSA) is 24.9 Å². The number of rotatable bonds is 5. The molecule has 0 saturated carbocycles. The summed E-state index contributed by atoms with van der Waals surface area (Å²) in [7, 11) is 0. The molecule has 1 heterocycles. The molecule has 0 radical (unpaired) electrons. The van der Waals surface area contributed by atoms with Crippen molar-refractivity contribution in [3.8, 4) is 11.1 Å². The van der Waals surface area contributed by atoms with E-state index in [1.54, 1.807) is 12.3 Å². The maximum atomic E-state index is 13.4. The van der Waals surface area contributed by atoms with E-state index in [1.165, 1.54) is 6.07 Å². The van der Waals surface area contributed by atoms with Crippen LogP contribution in [0.25, 0.3) is 11.1 Å². The van der Waals surface area contributed by atoms with E-state index in [0.717, 1.165) is 41.8 Å². The summed E-state index contributed by atoms with van der Waals surface area (Å²) in [5.41, 5.74) is 3.87. The molecule has 19 heavy (non-hydrogen) atoms. The van der Waals surface area contributed by atoms with Gasteiger partial charge in [0.25, 0.3) is 0 Å². The van der Waals surface area contributed by atoms with Crippen molar-refractivity contribution in [2.45, 2.75) is 26.8 Å². The highest BCUT2D eigenvalue weighted by molar-refractivity contribution is 5.63. The summed E-state index contributed by atoms with van der Waals surface area (Å²) in [6.45, 7) is 5.82. The standard InChI is InChI=1S/C16H19FN2/c1-3-4-18-9-13-7-15(11-19-10-13)14-5-12(2)6-16(17)8-14/h5-8,10-11,18H,3-4,9H2,1-2H3. The average Bonchev–Trinajstić information content (AvgIpc) is 2.38. The molecule has 0 spiro atoms. The Labute approximate surface area is 113 Å².